The maximum absolute atomic E-state index is 12.4. The number of hydroxylamine groups is 2. The minimum Gasteiger partial charge on any atom is -0.400 e. The molecule has 19 heavy (non-hydrogen) atoms. The third kappa shape index (κ3) is 2.07. The molecule has 2 rings (SSSR count). The van der Waals surface area contributed by atoms with Gasteiger partial charge in [-0.25, -0.2) is 0 Å². The quantitative estimate of drug-likeness (QED) is 0.685. The average Bonchev–Trinajstić information content (AvgIpc) is 2.51. The zero-order chi connectivity index (χ0) is 14.9. The maximum atomic E-state index is 12.4. The molecule has 4 nitrogen and oxygen atoms in total. The van der Waals surface area contributed by atoms with Gasteiger partial charge in [-0.1, -0.05) is 6.08 Å². The molecular formula is C14H25BNO3. The highest BCUT2D eigenvalue weighted by Crippen LogP contribution is 2.46. The van der Waals surface area contributed by atoms with Gasteiger partial charge in [0.15, 0.2) is 0 Å². The lowest BCUT2D eigenvalue weighted by atomic mass is 9.69. The molecule has 0 bridgehead atoms. The smallest absolute Gasteiger partial charge is 0.400 e. The molecule has 0 aromatic heterocycles. The Morgan fingerprint density at radius 3 is 1.68 bits per heavy atom. The first-order valence-electron chi connectivity index (χ1n) is 6.88. The Bertz CT molecular complexity index is 410. The van der Waals surface area contributed by atoms with Crippen molar-refractivity contribution in [2.45, 2.75) is 77.7 Å². The summed E-state index contributed by atoms with van der Waals surface area (Å²) in [5.74, 6) is 0. The van der Waals surface area contributed by atoms with Crippen LogP contribution in [0.25, 0.3) is 0 Å². The standard InChI is InChI=1S/C14H25BNO3/c1-11(2)9-10(12(3,4)16(11)17)15-18-13(5,6)14(7,8)19-15/h9H,1-8H3. The van der Waals surface area contributed by atoms with Crippen molar-refractivity contribution < 1.29 is 14.5 Å². The Morgan fingerprint density at radius 2 is 1.37 bits per heavy atom. The monoisotopic (exact) mass is 266 g/mol. The third-order valence-corrected chi connectivity index (χ3v) is 4.75. The van der Waals surface area contributed by atoms with Gasteiger partial charge in [-0.2, -0.15) is 0 Å². The average molecular weight is 266 g/mol. The van der Waals surface area contributed by atoms with E-state index >= 15 is 0 Å². The fraction of sp³-hybridized carbons (Fsp3) is 0.857. The Balaban J connectivity index is 2.35. The van der Waals surface area contributed by atoms with Gasteiger partial charge in [0, 0.05) is 0 Å². The second-order valence-electron chi connectivity index (χ2n) is 7.69. The van der Waals surface area contributed by atoms with Gasteiger partial charge in [0.1, 0.15) is 0 Å². The van der Waals surface area contributed by atoms with Crippen molar-refractivity contribution in [2.75, 3.05) is 0 Å². The molecule has 5 heteroatoms. The maximum Gasteiger partial charge on any atom is 0.492 e. The second-order valence-corrected chi connectivity index (χ2v) is 7.69. The van der Waals surface area contributed by atoms with E-state index in [0.29, 0.717) is 0 Å². The lowest BCUT2D eigenvalue weighted by molar-refractivity contribution is -0.237. The van der Waals surface area contributed by atoms with Crippen molar-refractivity contribution in [2.24, 2.45) is 0 Å². The lowest BCUT2D eigenvalue weighted by Gasteiger charge is -2.34. The summed E-state index contributed by atoms with van der Waals surface area (Å²) in [5.41, 5.74) is -0.969. The Morgan fingerprint density at radius 1 is 0.947 bits per heavy atom. The van der Waals surface area contributed by atoms with Crippen LogP contribution in [0, 0.1) is 0 Å². The first-order valence-corrected chi connectivity index (χ1v) is 6.88. The molecule has 1 saturated heterocycles. The second kappa shape index (κ2) is 3.85. The van der Waals surface area contributed by atoms with E-state index in [1.807, 2.05) is 61.5 Å². The number of rotatable bonds is 1. The minimum atomic E-state index is -0.606. The molecule has 0 amide bonds. The van der Waals surface area contributed by atoms with Crippen LogP contribution < -0.4 is 0 Å². The van der Waals surface area contributed by atoms with Gasteiger partial charge in [-0.15, -0.1) is 10.3 Å². The van der Waals surface area contributed by atoms with E-state index < -0.39 is 18.2 Å². The van der Waals surface area contributed by atoms with Gasteiger partial charge in [0.25, 0.3) is 0 Å². The van der Waals surface area contributed by atoms with Crippen LogP contribution >= 0.6 is 0 Å². The van der Waals surface area contributed by atoms with Crippen molar-refractivity contribution in [3.8, 4) is 0 Å². The normalized spacial score (nSPS) is 31.6. The van der Waals surface area contributed by atoms with E-state index in [1.165, 1.54) is 0 Å². The van der Waals surface area contributed by atoms with Crippen LogP contribution in [0.4, 0.5) is 0 Å². The molecule has 2 aliphatic heterocycles. The van der Waals surface area contributed by atoms with Crippen LogP contribution in [-0.4, -0.2) is 34.5 Å². The Kier molecular flexibility index (Phi) is 3.05. The van der Waals surface area contributed by atoms with E-state index in [0.717, 1.165) is 10.5 Å². The Hall–Kier alpha value is -0.355. The van der Waals surface area contributed by atoms with Crippen molar-refractivity contribution in [1.82, 2.24) is 5.06 Å². The summed E-state index contributed by atoms with van der Waals surface area (Å²) in [6.07, 6.45) is 1.99. The molecule has 0 unspecified atom stereocenters. The molecule has 107 valence electrons. The molecule has 2 aliphatic rings. The number of hydrogen-bond donors (Lipinski definition) is 0. The van der Waals surface area contributed by atoms with Crippen LogP contribution in [0.2, 0.25) is 0 Å². The fourth-order valence-electron chi connectivity index (χ4n) is 2.78. The zero-order valence-corrected chi connectivity index (χ0v) is 13.3. The first kappa shape index (κ1) is 15.0. The summed E-state index contributed by atoms with van der Waals surface area (Å²) in [7, 11) is -0.446. The molecule has 1 radical (unpaired) electrons. The van der Waals surface area contributed by atoms with Gasteiger partial charge in [0.2, 0.25) is 0 Å². The van der Waals surface area contributed by atoms with E-state index in [-0.39, 0.29) is 11.2 Å². The van der Waals surface area contributed by atoms with Crippen molar-refractivity contribution in [3.05, 3.63) is 11.5 Å². The van der Waals surface area contributed by atoms with Crippen LogP contribution in [0.5, 0.6) is 0 Å². The van der Waals surface area contributed by atoms with Gasteiger partial charge in [0.05, 0.1) is 22.3 Å². The molecule has 0 saturated carbocycles. The van der Waals surface area contributed by atoms with E-state index in [1.54, 1.807) is 0 Å². The first-order chi connectivity index (χ1) is 8.31. The number of nitrogens with zero attached hydrogens (tertiary/aromatic N) is 1. The van der Waals surface area contributed by atoms with Gasteiger partial charge < -0.3 is 9.31 Å². The fourth-order valence-corrected chi connectivity index (χ4v) is 2.78. The highest BCUT2D eigenvalue weighted by atomic mass is 16.7. The third-order valence-electron chi connectivity index (χ3n) is 4.75. The van der Waals surface area contributed by atoms with Gasteiger partial charge >= 0.3 is 7.12 Å². The highest BCUT2D eigenvalue weighted by Gasteiger charge is 2.58. The largest absolute Gasteiger partial charge is 0.492 e. The van der Waals surface area contributed by atoms with E-state index in [4.69, 9.17) is 9.31 Å². The van der Waals surface area contributed by atoms with Crippen LogP contribution in [-0.2, 0) is 14.5 Å². The molecule has 1 fully saturated rings. The van der Waals surface area contributed by atoms with Gasteiger partial charge in [-0.05, 0) is 60.9 Å². The zero-order valence-electron chi connectivity index (χ0n) is 13.3. The molecule has 0 spiro atoms. The molecular weight excluding hydrogens is 241 g/mol. The summed E-state index contributed by atoms with van der Waals surface area (Å²) < 4.78 is 12.1. The summed E-state index contributed by atoms with van der Waals surface area (Å²) >= 11 is 0. The SMILES string of the molecule is CC1(C)C=C(B2OC(C)(C)C(C)(C)O2)C(C)(C)N1[O]. The molecule has 0 aromatic rings. The molecule has 2 heterocycles. The molecule has 0 aromatic carbocycles. The topological polar surface area (TPSA) is 41.6 Å². The van der Waals surface area contributed by atoms with Gasteiger partial charge in [-0.3, -0.25) is 0 Å². The van der Waals surface area contributed by atoms with Crippen molar-refractivity contribution in [3.63, 3.8) is 0 Å². The summed E-state index contributed by atoms with van der Waals surface area (Å²) in [6.45, 7) is 15.8. The summed E-state index contributed by atoms with van der Waals surface area (Å²) in [5, 5.41) is 13.5. The van der Waals surface area contributed by atoms with Crippen LogP contribution in [0.3, 0.4) is 0 Å². The lowest BCUT2D eigenvalue weighted by Crippen LogP contribution is -2.49. The predicted octanol–water partition coefficient (Wildman–Crippen LogP) is 2.76. The highest BCUT2D eigenvalue weighted by molar-refractivity contribution is 6.55. The molecule has 0 aliphatic carbocycles. The predicted molar refractivity (Wildman–Crippen MR) is 74.8 cm³/mol. The summed E-state index contributed by atoms with van der Waals surface area (Å²) in [4.78, 5) is 0. The van der Waals surface area contributed by atoms with Crippen molar-refractivity contribution >= 4 is 7.12 Å². The van der Waals surface area contributed by atoms with Crippen molar-refractivity contribution in [1.29, 1.82) is 0 Å². The van der Waals surface area contributed by atoms with E-state index in [9.17, 15) is 5.21 Å². The Labute approximate surface area is 116 Å². The van der Waals surface area contributed by atoms with Crippen LogP contribution in [0.15, 0.2) is 11.5 Å². The molecule has 0 atom stereocenters. The number of hydrogen-bond acceptors (Lipinski definition) is 3. The summed E-state index contributed by atoms with van der Waals surface area (Å²) in [6, 6.07) is 0. The van der Waals surface area contributed by atoms with Crippen LogP contribution in [0.1, 0.15) is 55.4 Å². The van der Waals surface area contributed by atoms with E-state index in [2.05, 4.69) is 0 Å². The molecule has 0 N–H and O–H groups in total. The minimum absolute atomic E-state index is 0.380.